The van der Waals surface area contributed by atoms with Gasteiger partial charge in [-0.05, 0) is 12.0 Å². The summed E-state index contributed by atoms with van der Waals surface area (Å²) in [6.45, 7) is 3.19. The van der Waals surface area contributed by atoms with Crippen LogP contribution < -0.4 is 10.6 Å². The molecule has 0 radical (unpaired) electrons. The standard InChI is InChI=1S/C15H19ClN4O/c1-2-8-17-15-19-9-12(16)14(20-15)18-10-13(21)11-6-4-3-5-7-11/h3-7,9,13,21H,2,8,10H2,1H3,(H2,17,18,19,20). The maximum absolute atomic E-state index is 10.1. The van der Waals surface area contributed by atoms with Gasteiger partial charge in [0.2, 0.25) is 5.95 Å². The Morgan fingerprint density at radius 1 is 1.24 bits per heavy atom. The van der Waals surface area contributed by atoms with E-state index in [1.54, 1.807) is 6.20 Å². The van der Waals surface area contributed by atoms with Gasteiger partial charge in [0.1, 0.15) is 5.02 Å². The fourth-order valence-corrected chi connectivity index (χ4v) is 1.96. The van der Waals surface area contributed by atoms with Crippen molar-refractivity contribution in [3.05, 3.63) is 47.1 Å². The second kappa shape index (κ2) is 7.81. The third kappa shape index (κ3) is 4.58. The molecule has 1 aromatic heterocycles. The second-order valence-electron chi connectivity index (χ2n) is 4.62. The summed E-state index contributed by atoms with van der Waals surface area (Å²) in [5.41, 5.74) is 0.847. The first-order chi connectivity index (χ1) is 10.2. The van der Waals surface area contributed by atoms with Crippen molar-refractivity contribution in [1.29, 1.82) is 0 Å². The quantitative estimate of drug-likeness (QED) is 0.733. The van der Waals surface area contributed by atoms with Crippen LogP contribution in [0, 0.1) is 0 Å². The van der Waals surface area contributed by atoms with E-state index in [0.29, 0.717) is 23.3 Å². The zero-order chi connectivity index (χ0) is 15.1. The fourth-order valence-electron chi connectivity index (χ4n) is 1.80. The van der Waals surface area contributed by atoms with Crippen molar-refractivity contribution in [3.63, 3.8) is 0 Å². The SMILES string of the molecule is CCCNc1ncc(Cl)c(NCC(O)c2ccccc2)n1. The normalized spacial score (nSPS) is 12.0. The van der Waals surface area contributed by atoms with Gasteiger partial charge >= 0.3 is 0 Å². The number of aliphatic hydroxyl groups excluding tert-OH is 1. The predicted octanol–water partition coefficient (Wildman–Crippen LogP) is 3.10. The molecule has 3 N–H and O–H groups in total. The van der Waals surface area contributed by atoms with Gasteiger partial charge in [-0.2, -0.15) is 4.98 Å². The van der Waals surface area contributed by atoms with Crippen LogP contribution in [0.1, 0.15) is 25.0 Å². The lowest BCUT2D eigenvalue weighted by Crippen LogP contribution is -2.14. The molecule has 0 saturated heterocycles. The molecule has 0 fully saturated rings. The molecule has 2 rings (SSSR count). The predicted molar refractivity (Wildman–Crippen MR) is 85.7 cm³/mol. The molecule has 21 heavy (non-hydrogen) atoms. The van der Waals surface area contributed by atoms with Gasteiger partial charge in [0.25, 0.3) is 0 Å². The number of aliphatic hydroxyl groups is 1. The molecule has 0 saturated carbocycles. The van der Waals surface area contributed by atoms with E-state index in [2.05, 4.69) is 27.5 Å². The monoisotopic (exact) mass is 306 g/mol. The van der Waals surface area contributed by atoms with E-state index in [-0.39, 0.29) is 0 Å². The highest BCUT2D eigenvalue weighted by Crippen LogP contribution is 2.21. The van der Waals surface area contributed by atoms with Crippen molar-refractivity contribution in [2.45, 2.75) is 19.4 Å². The van der Waals surface area contributed by atoms with Gasteiger partial charge in [0.05, 0.1) is 12.3 Å². The molecule has 6 heteroatoms. The third-order valence-corrected chi connectivity index (χ3v) is 3.20. The van der Waals surface area contributed by atoms with Crippen molar-refractivity contribution >= 4 is 23.4 Å². The number of aromatic nitrogens is 2. The molecule has 112 valence electrons. The van der Waals surface area contributed by atoms with Gasteiger partial charge in [-0.15, -0.1) is 0 Å². The molecule has 0 amide bonds. The minimum absolute atomic E-state index is 0.327. The van der Waals surface area contributed by atoms with E-state index in [1.807, 2.05) is 30.3 Å². The molecule has 1 unspecified atom stereocenters. The highest BCUT2D eigenvalue weighted by atomic mass is 35.5. The lowest BCUT2D eigenvalue weighted by Gasteiger charge is -2.14. The second-order valence-corrected chi connectivity index (χ2v) is 5.03. The minimum Gasteiger partial charge on any atom is -0.387 e. The average Bonchev–Trinajstić information content (AvgIpc) is 2.53. The van der Waals surface area contributed by atoms with Gasteiger partial charge in [-0.1, -0.05) is 48.9 Å². The van der Waals surface area contributed by atoms with Gasteiger partial charge in [0.15, 0.2) is 5.82 Å². The number of nitrogens with one attached hydrogen (secondary N) is 2. The first kappa shape index (κ1) is 15.5. The Morgan fingerprint density at radius 2 is 2.00 bits per heavy atom. The van der Waals surface area contributed by atoms with Crippen LogP contribution >= 0.6 is 11.6 Å². The van der Waals surface area contributed by atoms with Crippen LogP contribution in [-0.2, 0) is 0 Å². The number of hydrogen-bond acceptors (Lipinski definition) is 5. The smallest absolute Gasteiger partial charge is 0.224 e. The summed E-state index contributed by atoms with van der Waals surface area (Å²) in [5.74, 6) is 1.04. The molecule has 0 aliphatic carbocycles. The lowest BCUT2D eigenvalue weighted by molar-refractivity contribution is 0.191. The van der Waals surface area contributed by atoms with E-state index >= 15 is 0 Å². The number of benzene rings is 1. The average molecular weight is 307 g/mol. The van der Waals surface area contributed by atoms with E-state index in [1.165, 1.54) is 0 Å². The Morgan fingerprint density at radius 3 is 2.71 bits per heavy atom. The number of rotatable bonds is 7. The number of hydrogen-bond donors (Lipinski definition) is 3. The Labute approximate surface area is 129 Å². The number of halogens is 1. The zero-order valence-electron chi connectivity index (χ0n) is 11.9. The van der Waals surface area contributed by atoms with Gasteiger partial charge in [0, 0.05) is 13.1 Å². The summed E-state index contributed by atoms with van der Waals surface area (Å²) in [6.07, 6.45) is 1.91. The summed E-state index contributed by atoms with van der Waals surface area (Å²) in [4.78, 5) is 8.40. The summed E-state index contributed by atoms with van der Waals surface area (Å²) < 4.78 is 0. The minimum atomic E-state index is -0.621. The largest absolute Gasteiger partial charge is 0.387 e. The molecule has 0 bridgehead atoms. The molecule has 2 aromatic rings. The van der Waals surface area contributed by atoms with Crippen LogP contribution in [0.25, 0.3) is 0 Å². The first-order valence-corrected chi connectivity index (χ1v) is 7.31. The maximum Gasteiger partial charge on any atom is 0.224 e. The molecular weight excluding hydrogens is 288 g/mol. The molecule has 1 aromatic carbocycles. The summed E-state index contributed by atoms with van der Waals surface area (Å²) in [5, 5.41) is 16.7. The van der Waals surface area contributed by atoms with Crippen LogP contribution in [0.3, 0.4) is 0 Å². The summed E-state index contributed by atoms with van der Waals surface area (Å²) in [6, 6.07) is 9.45. The van der Waals surface area contributed by atoms with E-state index < -0.39 is 6.10 Å². The fraction of sp³-hybridized carbons (Fsp3) is 0.333. The molecule has 1 heterocycles. The molecule has 0 spiro atoms. The van der Waals surface area contributed by atoms with E-state index in [9.17, 15) is 5.11 Å². The Balaban J connectivity index is 1.99. The zero-order valence-corrected chi connectivity index (χ0v) is 12.6. The Hall–Kier alpha value is -1.85. The van der Waals surface area contributed by atoms with Crippen molar-refractivity contribution in [1.82, 2.24) is 9.97 Å². The molecule has 1 atom stereocenters. The van der Waals surface area contributed by atoms with Crippen LogP contribution in [0.15, 0.2) is 36.5 Å². The van der Waals surface area contributed by atoms with Crippen molar-refractivity contribution in [2.24, 2.45) is 0 Å². The number of anilines is 2. The van der Waals surface area contributed by atoms with Crippen molar-refractivity contribution in [3.8, 4) is 0 Å². The van der Waals surface area contributed by atoms with Gasteiger partial charge in [-0.25, -0.2) is 4.98 Å². The lowest BCUT2D eigenvalue weighted by atomic mass is 10.1. The van der Waals surface area contributed by atoms with Crippen LogP contribution in [0.2, 0.25) is 5.02 Å². The summed E-state index contributed by atoms with van der Waals surface area (Å²) >= 11 is 6.06. The topological polar surface area (TPSA) is 70.1 Å². The van der Waals surface area contributed by atoms with Crippen LogP contribution in [0.4, 0.5) is 11.8 Å². The van der Waals surface area contributed by atoms with Crippen molar-refractivity contribution < 1.29 is 5.11 Å². The number of nitrogens with zero attached hydrogens (tertiary/aromatic N) is 2. The van der Waals surface area contributed by atoms with E-state index in [0.717, 1.165) is 18.5 Å². The molecule has 5 nitrogen and oxygen atoms in total. The highest BCUT2D eigenvalue weighted by molar-refractivity contribution is 6.32. The summed E-state index contributed by atoms with van der Waals surface area (Å²) in [7, 11) is 0. The maximum atomic E-state index is 10.1. The highest BCUT2D eigenvalue weighted by Gasteiger charge is 2.09. The Bertz CT molecular complexity index is 565. The van der Waals surface area contributed by atoms with E-state index in [4.69, 9.17) is 11.6 Å². The van der Waals surface area contributed by atoms with Crippen molar-refractivity contribution in [2.75, 3.05) is 23.7 Å². The first-order valence-electron chi connectivity index (χ1n) is 6.94. The third-order valence-electron chi connectivity index (χ3n) is 2.92. The van der Waals surface area contributed by atoms with Gasteiger partial charge in [-0.3, -0.25) is 0 Å². The molecule has 0 aliphatic heterocycles. The van der Waals surface area contributed by atoms with Gasteiger partial charge < -0.3 is 15.7 Å². The molecule has 0 aliphatic rings. The van der Waals surface area contributed by atoms with Crippen LogP contribution in [-0.4, -0.2) is 28.2 Å². The van der Waals surface area contributed by atoms with Crippen LogP contribution in [0.5, 0.6) is 0 Å². The molecular formula is C15H19ClN4O. The Kier molecular flexibility index (Phi) is 5.78.